The van der Waals surface area contributed by atoms with Crippen LogP contribution in [0.3, 0.4) is 0 Å². The Morgan fingerprint density at radius 3 is 1.80 bits per heavy atom. The Bertz CT molecular complexity index is 162. The van der Waals surface area contributed by atoms with E-state index in [1.54, 1.807) is 14.2 Å². The van der Waals surface area contributed by atoms with E-state index in [1.807, 2.05) is 0 Å². The minimum atomic E-state index is 0.833. The lowest BCUT2D eigenvalue weighted by Gasteiger charge is -2.02. The maximum absolute atomic E-state index is 5.08. The molecule has 2 nitrogen and oxygen atoms in total. The molecule has 1 aliphatic rings. The second kappa shape index (κ2) is 2.78. The fourth-order valence-electron chi connectivity index (χ4n) is 1.09. The summed E-state index contributed by atoms with van der Waals surface area (Å²) in [5.74, 6) is 1.85. The number of methoxy groups -OCH3 is 2. The van der Waals surface area contributed by atoms with Gasteiger partial charge in [-0.25, -0.2) is 0 Å². The van der Waals surface area contributed by atoms with Crippen LogP contribution in [-0.2, 0) is 9.47 Å². The zero-order valence-electron chi connectivity index (χ0n) is 6.44. The van der Waals surface area contributed by atoms with Crippen molar-refractivity contribution >= 4 is 0 Å². The Morgan fingerprint density at radius 1 is 1.10 bits per heavy atom. The van der Waals surface area contributed by atoms with E-state index in [9.17, 15) is 0 Å². The highest BCUT2D eigenvalue weighted by Gasteiger charge is 2.18. The van der Waals surface area contributed by atoms with E-state index >= 15 is 0 Å². The third-order valence-corrected chi connectivity index (χ3v) is 1.62. The minimum Gasteiger partial charge on any atom is -0.497 e. The normalized spacial score (nSPS) is 18.0. The molecule has 2 heteroatoms. The maximum atomic E-state index is 5.08. The standard InChI is InChI=1S/C8H12O2/c1-6-4-7(9-2)8(5-6)10-3/h1,4-5H2,2-3H3. The Morgan fingerprint density at radius 2 is 1.50 bits per heavy atom. The van der Waals surface area contributed by atoms with E-state index in [-0.39, 0.29) is 0 Å². The molecule has 0 aliphatic heterocycles. The molecule has 10 heavy (non-hydrogen) atoms. The van der Waals surface area contributed by atoms with Gasteiger partial charge in [0.2, 0.25) is 0 Å². The van der Waals surface area contributed by atoms with Crippen LogP contribution in [0.4, 0.5) is 0 Å². The van der Waals surface area contributed by atoms with E-state index in [4.69, 9.17) is 9.47 Å². The monoisotopic (exact) mass is 140 g/mol. The van der Waals surface area contributed by atoms with Crippen LogP contribution < -0.4 is 0 Å². The second-order valence-corrected chi connectivity index (χ2v) is 2.36. The van der Waals surface area contributed by atoms with Crippen LogP contribution in [0.25, 0.3) is 0 Å². The summed E-state index contributed by atoms with van der Waals surface area (Å²) in [7, 11) is 3.32. The van der Waals surface area contributed by atoms with Gasteiger partial charge in [-0.15, -0.1) is 0 Å². The molecule has 0 atom stereocenters. The van der Waals surface area contributed by atoms with Crippen LogP contribution in [0.2, 0.25) is 0 Å². The Hall–Kier alpha value is -0.920. The van der Waals surface area contributed by atoms with Gasteiger partial charge in [-0.05, 0) is 0 Å². The van der Waals surface area contributed by atoms with Gasteiger partial charge in [0, 0.05) is 12.8 Å². The number of allylic oxidation sites excluding steroid dienone is 2. The van der Waals surface area contributed by atoms with Gasteiger partial charge in [0.15, 0.2) is 0 Å². The predicted molar refractivity (Wildman–Crippen MR) is 39.4 cm³/mol. The summed E-state index contributed by atoms with van der Waals surface area (Å²) in [5.41, 5.74) is 1.16. The first-order valence-corrected chi connectivity index (χ1v) is 3.24. The highest BCUT2D eigenvalue weighted by atomic mass is 16.5. The molecular formula is C8H12O2. The van der Waals surface area contributed by atoms with Crippen molar-refractivity contribution in [3.8, 4) is 0 Å². The fraction of sp³-hybridized carbons (Fsp3) is 0.500. The summed E-state index contributed by atoms with van der Waals surface area (Å²) in [6, 6.07) is 0. The lowest BCUT2D eigenvalue weighted by Crippen LogP contribution is -1.87. The van der Waals surface area contributed by atoms with Gasteiger partial charge in [0.25, 0.3) is 0 Å². The molecule has 0 aromatic heterocycles. The average Bonchev–Trinajstić information content (AvgIpc) is 2.30. The number of ether oxygens (including phenoxy) is 2. The fourth-order valence-corrected chi connectivity index (χ4v) is 1.09. The first-order valence-electron chi connectivity index (χ1n) is 3.24. The largest absolute Gasteiger partial charge is 0.497 e. The Labute approximate surface area is 61.1 Å². The molecule has 0 amide bonds. The van der Waals surface area contributed by atoms with Gasteiger partial charge in [-0.2, -0.15) is 0 Å². The molecule has 1 aliphatic carbocycles. The van der Waals surface area contributed by atoms with Crippen molar-refractivity contribution in [3.63, 3.8) is 0 Å². The van der Waals surface area contributed by atoms with Gasteiger partial charge in [0.1, 0.15) is 11.5 Å². The number of rotatable bonds is 2. The number of hydrogen-bond donors (Lipinski definition) is 0. The van der Waals surface area contributed by atoms with E-state index in [0.717, 1.165) is 29.9 Å². The molecule has 0 saturated heterocycles. The Kier molecular flexibility index (Phi) is 2.00. The van der Waals surface area contributed by atoms with Crippen molar-refractivity contribution in [3.05, 3.63) is 23.7 Å². The summed E-state index contributed by atoms with van der Waals surface area (Å²) in [6.45, 7) is 3.85. The quantitative estimate of drug-likeness (QED) is 0.545. The van der Waals surface area contributed by atoms with Crippen molar-refractivity contribution in [2.24, 2.45) is 0 Å². The molecule has 0 fully saturated rings. The predicted octanol–water partition coefficient (Wildman–Crippen LogP) is 1.84. The van der Waals surface area contributed by atoms with Crippen molar-refractivity contribution < 1.29 is 9.47 Å². The molecule has 0 N–H and O–H groups in total. The highest BCUT2D eigenvalue weighted by Crippen LogP contribution is 2.29. The zero-order chi connectivity index (χ0) is 7.56. The SMILES string of the molecule is C=C1CC(OC)=C(OC)C1. The van der Waals surface area contributed by atoms with Gasteiger partial charge in [0.05, 0.1) is 14.2 Å². The molecule has 0 unspecified atom stereocenters. The van der Waals surface area contributed by atoms with Crippen molar-refractivity contribution in [1.82, 2.24) is 0 Å². The summed E-state index contributed by atoms with van der Waals surface area (Å²) in [5, 5.41) is 0. The van der Waals surface area contributed by atoms with Crippen molar-refractivity contribution in [2.75, 3.05) is 14.2 Å². The van der Waals surface area contributed by atoms with Crippen LogP contribution in [0.5, 0.6) is 0 Å². The third kappa shape index (κ3) is 1.15. The lowest BCUT2D eigenvalue weighted by atomic mass is 10.2. The molecule has 0 bridgehead atoms. The van der Waals surface area contributed by atoms with E-state index < -0.39 is 0 Å². The molecule has 0 saturated carbocycles. The summed E-state index contributed by atoms with van der Waals surface area (Å²) in [4.78, 5) is 0. The molecule has 1 rings (SSSR count). The number of hydrogen-bond acceptors (Lipinski definition) is 2. The van der Waals surface area contributed by atoms with Crippen molar-refractivity contribution in [1.29, 1.82) is 0 Å². The second-order valence-electron chi connectivity index (χ2n) is 2.36. The average molecular weight is 140 g/mol. The molecule has 56 valence electrons. The summed E-state index contributed by atoms with van der Waals surface area (Å²) >= 11 is 0. The van der Waals surface area contributed by atoms with E-state index in [2.05, 4.69) is 6.58 Å². The van der Waals surface area contributed by atoms with Crippen LogP contribution in [0, 0.1) is 0 Å². The van der Waals surface area contributed by atoms with Crippen LogP contribution in [-0.4, -0.2) is 14.2 Å². The zero-order valence-corrected chi connectivity index (χ0v) is 6.44. The maximum Gasteiger partial charge on any atom is 0.137 e. The van der Waals surface area contributed by atoms with Gasteiger partial charge >= 0.3 is 0 Å². The third-order valence-electron chi connectivity index (χ3n) is 1.62. The van der Waals surface area contributed by atoms with E-state index in [0.29, 0.717) is 0 Å². The van der Waals surface area contributed by atoms with E-state index in [1.165, 1.54) is 0 Å². The Balaban J connectivity index is 2.70. The molecule has 0 heterocycles. The van der Waals surface area contributed by atoms with Crippen LogP contribution in [0.1, 0.15) is 12.8 Å². The molecule has 0 aromatic carbocycles. The summed E-state index contributed by atoms with van der Waals surface area (Å²) < 4.78 is 10.2. The topological polar surface area (TPSA) is 18.5 Å². The highest BCUT2D eigenvalue weighted by molar-refractivity contribution is 5.24. The molecule has 0 radical (unpaired) electrons. The van der Waals surface area contributed by atoms with Gasteiger partial charge < -0.3 is 9.47 Å². The lowest BCUT2D eigenvalue weighted by molar-refractivity contribution is 0.224. The first kappa shape index (κ1) is 7.19. The summed E-state index contributed by atoms with van der Waals surface area (Å²) in [6.07, 6.45) is 1.67. The first-order chi connectivity index (χ1) is 4.77. The van der Waals surface area contributed by atoms with Crippen LogP contribution >= 0.6 is 0 Å². The minimum absolute atomic E-state index is 0.833. The van der Waals surface area contributed by atoms with Crippen LogP contribution in [0.15, 0.2) is 23.7 Å². The molecular weight excluding hydrogens is 128 g/mol. The van der Waals surface area contributed by atoms with Gasteiger partial charge in [-0.1, -0.05) is 12.2 Å². The van der Waals surface area contributed by atoms with Gasteiger partial charge in [-0.3, -0.25) is 0 Å². The smallest absolute Gasteiger partial charge is 0.137 e. The molecule has 0 aromatic rings. The van der Waals surface area contributed by atoms with Crippen molar-refractivity contribution in [2.45, 2.75) is 12.8 Å². The molecule has 0 spiro atoms.